The Morgan fingerprint density at radius 3 is 2.80 bits per heavy atom. The van der Waals surface area contributed by atoms with E-state index in [9.17, 15) is 4.79 Å². The van der Waals surface area contributed by atoms with Crippen LogP contribution < -0.4 is 0 Å². The van der Waals surface area contributed by atoms with Gasteiger partial charge in [0.15, 0.2) is 0 Å². The van der Waals surface area contributed by atoms with Gasteiger partial charge in [0.05, 0.1) is 0 Å². The van der Waals surface area contributed by atoms with Crippen molar-refractivity contribution in [2.45, 2.75) is 25.3 Å². The number of likely N-dealkylation sites (tertiary alicyclic amines) is 1. The summed E-state index contributed by atoms with van der Waals surface area (Å²) in [5, 5.41) is 0. The zero-order valence-electron chi connectivity index (χ0n) is 12.0. The van der Waals surface area contributed by atoms with Crippen LogP contribution in [0.1, 0.15) is 18.5 Å². The van der Waals surface area contributed by atoms with Gasteiger partial charge >= 0.3 is 0 Å². The largest absolute Gasteiger partial charge is 0.342 e. The molecule has 0 spiro atoms. The summed E-state index contributed by atoms with van der Waals surface area (Å²) in [7, 11) is 1.86. The molecule has 0 aliphatic carbocycles. The number of carbonyl (C=O) groups excluding carboxylic acids is 1. The first-order valence-corrected chi connectivity index (χ1v) is 7.68. The Labute approximate surface area is 125 Å². The smallest absolute Gasteiger partial charge is 0.237 e. The predicted molar refractivity (Wildman–Crippen MR) is 80.9 cm³/mol. The molecule has 1 aromatic heterocycles. The molecule has 0 radical (unpaired) electrons. The molecule has 0 unspecified atom stereocenters. The number of halogens is 1. The monoisotopic (exact) mass is 295 g/mol. The molecule has 1 aromatic rings. The standard InChI is InChI=1S/C15H22ClN3O/c1-18(15(20)12-16)14-6-10-19(11-7-14)9-5-13-4-2-3-8-17-13/h2-4,8,14H,5-7,9-12H2,1H3. The Hall–Kier alpha value is -1.13. The fourth-order valence-corrected chi connectivity index (χ4v) is 2.84. The molecule has 1 aliphatic rings. The van der Waals surface area contributed by atoms with E-state index in [0.717, 1.165) is 44.6 Å². The molecule has 4 nitrogen and oxygen atoms in total. The van der Waals surface area contributed by atoms with Gasteiger partial charge in [0.2, 0.25) is 5.91 Å². The molecule has 1 saturated heterocycles. The quantitative estimate of drug-likeness (QED) is 0.777. The molecule has 1 fully saturated rings. The molecule has 0 N–H and O–H groups in total. The summed E-state index contributed by atoms with van der Waals surface area (Å²) >= 11 is 5.60. The van der Waals surface area contributed by atoms with Crippen molar-refractivity contribution >= 4 is 17.5 Å². The molecule has 20 heavy (non-hydrogen) atoms. The second-order valence-corrected chi connectivity index (χ2v) is 5.55. The second kappa shape index (κ2) is 7.60. The first-order valence-electron chi connectivity index (χ1n) is 7.14. The van der Waals surface area contributed by atoms with E-state index in [1.807, 2.05) is 30.3 Å². The van der Waals surface area contributed by atoms with Crippen LogP contribution in [0.2, 0.25) is 0 Å². The Morgan fingerprint density at radius 2 is 2.20 bits per heavy atom. The summed E-state index contributed by atoms with van der Waals surface area (Å²) in [6.07, 6.45) is 4.89. The zero-order valence-corrected chi connectivity index (χ0v) is 12.7. The van der Waals surface area contributed by atoms with Crippen LogP contribution in [0.3, 0.4) is 0 Å². The number of carbonyl (C=O) groups is 1. The van der Waals surface area contributed by atoms with Crippen LogP contribution >= 0.6 is 11.6 Å². The molecule has 1 amide bonds. The van der Waals surface area contributed by atoms with Crippen LogP contribution in [-0.4, -0.2) is 59.3 Å². The summed E-state index contributed by atoms with van der Waals surface area (Å²) < 4.78 is 0. The highest BCUT2D eigenvalue weighted by Gasteiger charge is 2.24. The van der Waals surface area contributed by atoms with E-state index >= 15 is 0 Å². The van der Waals surface area contributed by atoms with Gasteiger partial charge in [0.1, 0.15) is 5.88 Å². The lowest BCUT2D eigenvalue weighted by atomic mass is 10.0. The Balaban J connectivity index is 1.73. The summed E-state index contributed by atoms with van der Waals surface area (Å²) in [6.45, 7) is 3.12. The number of nitrogens with zero attached hydrogens (tertiary/aromatic N) is 3. The van der Waals surface area contributed by atoms with Crippen LogP contribution in [0, 0.1) is 0 Å². The third-order valence-electron chi connectivity index (χ3n) is 4.02. The van der Waals surface area contributed by atoms with Gasteiger partial charge in [0.25, 0.3) is 0 Å². The van der Waals surface area contributed by atoms with Crippen molar-refractivity contribution in [3.63, 3.8) is 0 Å². The summed E-state index contributed by atoms with van der Waals surface area (Å²) in [5.74, 6) is 0.106. The van der Waals surface area contributed by atoms with E-state index in [2.05, 4.69) is 16.0 Å². The lowest BCUT2D eigenvalue weighted by Crippen LogP contribution is -2.46. The van der Waals surface area contributed by atoms with Gasteiger partial charge in [-0.15, -0.1) is 11.6 Å². The topological polar surface area (TPSA) is 36.4 Å². The van der Waals surface area contributed by atoms with Crippen molar-refractivity contribution in [1.29, 1.82) is 0 Å². The molecule has 0 bridgehead atoms. The number of pyridine rings is 1. The van der Waals surface area contributed by atoms with Crippen molar-refractivity contribution in [2.75, 3.05) is 32.6 Å². The first-order chi connectivity index (χ1) is 9.70. The van der Waals surface area contributed by atoms with E-state index in [1.54, 1.807) is 0 Å². The highest BCUT2D eigenvalue weighted by atomic mass is 35.5. The maximum atomic E-state index is 11.6. The first kappa shape index (κ1) is 15.3. The minimum atomic E-state index is 0.0265. The van der Waals surface area contributed by atoms with Gasteiger partial charge in [0, 0.05) is 51.0 Å². The third kappa shape index (κ3) is 4.18. The lowest BCUT2D eigenvalue weighted by Gasteiger charge is -2.36. The number of amides is 1. The molecule has 0 aromatic carbocycles. The molecular weight excluding hydrogens is 274 g/mol. The fraction of sp³-hybridized carbons (Fsp3) is 0.600. The lowest BCUT2D eigenvalue weighted by molar-refractivity contribution is -0.130. The van der Waals surface area contributed by atoms with Crippen LogP contribution in [0.15, 0.2) is 24.4 Å². The molecule has 1 aliphatic heterocycles. The summed E-state index contributed by atoms with van der Waals surface area (Å²) in [4.78, 5) is 20.2. The van der Waals surface area contributed by atoms with Crippen LogP contribution in [0.25, 0.3) is 0 Å². The van der Waals surface area contributed by atoms with Gasteiger partial charge < -0.3 is 9.80 Å². The van der Waals surface area contributed by atoms with Crippen LogP contribution in [0.4, 0.5) is 0 Å². The predicted octanol–water partition coefficient (Wildman–Crippen LogP) is 1.79. The minimum absolute atomic E-state index is 0.0265. The van der Waals surface area contributed by atoms with Gasteiger partial charge in [-0.25, -0.2) is 0 Å². The van der Waals surface area contributed by atoms with Gasteiger partial charge in [-0.3, -0.25) is 9.78 Å². The molecule has 0 atom stereocenters. The molecule has 0 saturated carbocycles. The van der Waals surface area contributed by atoms with Gasteiger partial charge in [-0.05, 0) is 25.0 Å². The van der Waals surface area contributed by atoms with E-state index in [4.69, 9.17) is 11.6 Å². The van der Waals surface area contributed by atoms with Crippen LogP contribution in [0.5, 0.6) is 0 Å². The van der Waals surface area contributed by atoms with Crippen molar-refractivity contribution in [1.82, 2.24) is 14.8 Å². The molecule has 5 heteroatoms. The number of alkyl halides is 1. The van der Waals surface area contributed by atoms with E-state index < -0.39 is 0 Å². The van der Waals surface area contributed by atoms with Crippen molar-refractivity contribution in [3.05, 3.63) is 30.1 Å². The number of hydrogen-bond donors (Lipinski definition) is 0. The molecule has 2 rings (SSSR count). The maximum absolute atomic E-state index is 11.6. The summed E-state index contributed by atoms with van der Waals surface area (Å²) in [5.41, 5.74) is 1.14. The minimum Gasteiger partial charge on any atom is -0.342 e. The van der Waals surface area contributed by atoms with Crippen molar-refractivity contribution in [2.24, 2.45) is 0 Å². The normalized spacial score (nSPS) is 17.1. The highest BCUT2D eigenvalue weighted by molar-refractivity contribution is 6.27. The van der Waals surface area contributed by atoms with E-state index in [1.165, 1.54) is 0 Å². The Morgan fingerprint density at radius 1 is 1.45 bits per heavy atom. The number of hydrogen-bond acceptors (Lipinski definition) is 3. The molecular formula is C15H22ClN3O. The van der Waals surface area contributed by atoms with Crippen molar-refractivity contribution in [3.8, 4) is 0 Å². The highest BCUT2D eigenvalue weighted by Crippen LogP contribution is 2.16. The average Bonchev–Trinajstić information content (AvgIpc) is 2.53. The Bertz CT molecular complexity index is 418. The fourth-order valence-electron chi connectivity index (χ4n) is 2.65. The van der Waals surface area contributed by atoms with Crippen LogP contribution in [-0.2, 0) is 11.2 Å². The second-order valence-electron chi connectivity index (χ2n) is 5.28. The average molecular weight is 296 g/mol. The summed E-state index contributed by atoms with van der Waals surface area (Å²) in [6, 6.07) is 6.38. The zero-order chi connectivity index (χ0) is 14.4. The van der Waals surface area contributed by atoms with Gasteiger partial charge in [-0.2, -0.15) is 0 Å². The van der Waals surface area contributed by atoms with Gasteiger partial charge in [-0.1, -0.05) is 6.07 Å². The Kier molecular flexibility index (Phi) is 5.80. The number of aromatic nitrogens is 1. The van der Waals surface area contributed by atoms with Crippen molar-refractivity contribution < 1.29 is 4.79 Å². The third-order valence-corrected chi connectivity index (χ3v) is 4.25. The number of piperidine rings is 1. The molecule has 110 valence electrons. The van der Waals surface area contributed by atoms with E-state index in [0.29, 0.717) is 6.04 Å². The number of rotatable bonds is 5. The van der Waals surface area contributed by atoms with E-state index in [-0.39, 0.29) is 11.8 Å². The maximum Gasteiger partial charge on any atom is 0.237 e. The molecule has 2 heterocycles. The SMILES string of the molecule is CN(C(=O)CCl)C1CCN(CCc2ccccn2)CC1.